The Morgan fingerprint density at radius 1 is 1.36 bits per heavy atom. The van der Waals surface area contributed by atoms with Crippen LogP contribution in [0.5, 0.6) is 0 Å². The lowest BCUT2D eigenvalue weighted by atomic mass is 10.2. The van der Waals surface area contributed by atoms with Crippen molar-refractivity contribution in [1.29, 1.82) is 0 Å². The van der Waals surface area contributed by atoms with Crippen molar-refractivity contribution in [3.63, 3.8) is 0 Å². The van der Waals surface area contributed by atoms with Crippen LogP contribution in [0.25, 0.3) is 0 Å². The van der Waals surface area contributed by atoms with Crippen molar-refractivity contribution in [3.8, 4) is 0 Å². The van der Waals surface area contributed by atoms with Gasteiger partial charge in [0, 0.05) is 6.42 Å². The van der Waals surface area contributed by atoms with Crippen LogP contribution < -0.4 is 0 Å². The molecule has 0 aromatic carbocycles. The van der Waals surface area contributed by atoms with Crippen molar-refractivity contribution in [2.24, 2.45) is 0 Å². The smallest absolute Gasteiger partial charge is 0.306 e. The molecule has 0 saturated heterocycles. The van der Waals surface area contributed by atoms with Crippen molar-refractivity contribution in [3.05, 3.63) is 0 Å². The zero-order valence-electron chi connectivity index (χ0n) is 7.72. The van der Waals surface area contributed by atoms with E-state index in [0.29, 0.717) is 6.42 Å². The molecule has 1 atom stereocenters. The average Bonchev–Trinajstić information content (AvgIpc) is 1.87. The molecule has 0 N–H and O–H groups in total. The Morgan fingerprint density at radius 2 is 2.00 bits per heavy atom. The monoisotopic (exact) mass is 158 g/mol. The Labute approximate surface area is 68.9 Å². The van der Waals surface area contributed by atoms with Gasteiger partial charge in [-0.15, -0.1) is 0 Å². The van der Waals surface area contributed by atoms with Crippen LogP contribution in [0.1, 0.15) is 46.5 Å². The van der Waals surface area contributed by atoms with Gasteiger partial charge in [0.15, 0.2) is 0 Å². The van der Waals surface area contributed by atoms with E-state index in [-0.39, 0.29) is 12.1 Å². The lowest BCUT2D eigenvalue weighted by Crippen LogP contribution is -2.13. The first-order valence-electron chi connectivity index (χ1n) is 4.40. The van der Waals surface area contributed by atoms with Crippen molar-refractivity contribution >= 4 is 5.97 Å². The summed E-state index contributed by atoms with van der Waals surface area (Å²) >= 11 is 0. The fourth-order valence-corrected chi connectivity index (χ4v) is 0.953. The molecule has 0 bridgehead atoms. The Bertz CT molecular complexity index is 110. The van der Waals surface area contributed by atoms with E-state index in [1.54, 1.807) is 0 Å². The molecule has 0 aromatic heterocycles. The van der Waals surface area contributed by atoms with E-state index in [9.17, 15) is 4.79 Å². The van der Waals surface area contributed by atoms with Gasteiger partial charge < -0.3 is 4.74 Å². The molecule has 66 valence electrons. The Kier molecular flexibility index (Phi) is 5.90. The molecule has 0 fully saturated rings. The standard InChI is InChI=1S/C9H18O2/c1-4-6-8(3)11-9(10)7-5-2/h8H,4-7H2,1-3H3/t8-/m1/s1. The second-order valence-electron chi connectivity index (χ2n) is 2.84. The van der Waals surface area contributed by atoms with Crippen LogP contribution in [0.15, 0.2) is 0 Å². The van der Waals surface area contributed by atoms with Crippen LogP contribution in [0.2, 0.25) is 0 Å². The van der Waals surface area contributed by atoms with Gasteiger partial charge in [0.1, 0.15) is 0 Å². The number of ether oxygens (including phenoxy) is 1. The number of carbonyl (C=O) groups is 1. The van der Waals surface area contributed by atoms with Crippen molar-refractivity contribution in [1.82, 2.24) is 0 Å². The van der Waals surface area contributed by atoms with E-state index < -0.39 is 0 Å². The second-order valence-corrected chi connectivity index (χ2v) is 2.84. The van der Waals surface area contributed by atoms with Gasteiger partial charge in [-0.25, -0.2) is 0 Å². The zero-order chi connectivity index (χ0) is 8.69. The highest BCUT2D eigenvalue weighted by molar-refractivity contribution is 5.69. The van der Waals surface area contributed by atoms with E-state index in [2.05, 4.69) is 6.92 Å². The predicted octanol–water partition coefficient (Wildman–Crippen LogP) is 2.52. The second kappa shape index (κ2) is 6.20. The van der Waals surface area contributed by atoms with Gasteiger partial charge in [0.05, 0.1) is 6.10 Å². The van der Waals surface area contributed by atoms with Gasteiger partial charge >= 0.3 is 5.97 Å². The average molecular weight is 158 g/mol. The normalized spacial score (nSPS) is 12.6. The minimum atomic E-state index is -0.0616. The summed E-state index contributed by atoms with van der Waals surface area (Å²) in [5.74, 6) is -0.0616. The molecular weight excluding hydrogens is 140 g/mol. The highest BCUT2D eigenvalue weighted by atomic mass is 16.5. The summed E-state index contributed by atoms with van der Waals surface area (Å²) in [6, 6.07) is 0. The van der Waals surface area contributed by atoms with Gasteiger partial charge in [-0.3, -0.25) is 4.79 Å². The maximum Gasteiger partial charge on any atom is 0.306 e. The molecule has 0 amide bonds. The largest absolute Gasteiger partial charge is 0.463 e. The van der Waals surface area contributed by atoms with Crippen LogP contribution in [0, 0.1) is 0 Å². The van der Waals surface area contributed by atoms with Crippen LogP contribution in [0.4, 0.5) is 0 Å². The zero-order valence-corrected chi connectivity index (χ0v) is 7.72. The third-order valence-electron chi connectivity index (χ3n) is 1.48. The highest BCUT2D eigenvalue weighted by Crippen LogP contribution is 2.03. The van der Waals surface area contributed by atoms with Crippen LogP contribution in [-0.2, 0) is 9.53 Å². The predicted molar refractivity (Wildman–Crippen MR) is 45.4 cm³/mol. The van der Waals surface area contributed by atoms with E-state index in [4.69, 9.17) is 4.74 Å². The van der Waals surface area contributed by atoms with Crippen molar-refractivity contribution in [2.45, 2.75) is 52.6 Å². The van der Waals surface area contributed by atoms with Gasteiger partial charge in [0.25, 0.3) is 0 Å². The van der Waals surface area contributed by atoms with Crippen LogP contribution >= 0.6 is 0 Å². The summed E-state index contributed by atoms with van der Waals surface area (Å²) in [7, 11) is 0. The molecule has 0 saturated carbocycles. The van der Waals surface area contributed by atoms with Crippen LogP contribution in [0.3, 0.4) is 0 Å². The molecule has 11 heavy (non-hydrogen) atoms. The number of esters is 1. The molecule has 0 rings (SSSR count). The van der Waals surface area contributed by atoms with Gasteiger partial charge in [-0.1, -0.05) is 20.3 Å². The van der Waals surface area contributed by atoms with E-state index in [0.717, 1.165) is 19.3 Å². The molecule has 0 aliphatic carbocycles. The fraction of sp³-hybridized carbons (Fsp3) is 0.889. The van der Waals surface area contributed by atoms with Crippen LogP contribution in [-0.4, -0.2) is 12.1 Å². The SMILES string of the molecule is CCCC(=O)O[C@H](C)CCC. The van der Waals surface area contributed by atoms with E-state index in [1.807, 2.05) is 13.8 Å². The summed E-state index contributed by atoms with van der Waals surface area (Å²) in [6.07, 6.45) is 3.56. The first-order chi connectivity index (χ1) is 5.20. The lowest BCUT2D eigenvalue weighted by molar-refractivity contribution is -0.148. The molecule has 0 aliphatic heterocycles. The molecule has 0 spiro atoms. The Morgan fingerprint density at radius 3 is 2.45 bits per heavy atom. The summed E-state index contributed by atoms with van der Waals surface area (Å²) in [6.45, 7) is 6.01. The molecule has 0 aromatic rings. The molecule has 0 unspecified atom stereocenters. The molecule has 0 aliphatic rings. The Hall–Kier alpha value is -0.530. The summed E-state index contributed by atoms with van der Waals surface area (Å²) in [5, 5.41) is 0. The van der Waals surface area contributed by atoms with Gasteiger partial charge in [-0.05, 0) is 19.8 Å². The number of carbonyl (C=O) groups excluding carboxylic acids is 1. The first-order valence-corrected chi connectivity index (χ1v) is 4.40. The molecular formula is C9H18O2. The molecule has 2 heteroatoms. The fourth-order valence-electron chi connectivity index (χ4n) is 0.953. The maximum atomic E-state index is 10.9. The summed E-state index contributed by atoms with van der Waals surface area (Å²) in [4.78, 5) is 10.9. The lowest BCUT2D eigenvalue weighted by Gasteiger charge is -2.10. The molecule has 0 radical (unpaired) electrons. The first kappa shape index (κ1) is 10.5. The summed E-state index contributed by atoms with van der Waals surface area (Å²) < 4.78 is 5.09. The molecule has 0 heterocycles. The number of hydrogen-bond donors (Lipinski definition) is 0. The topological polar surface area (TPSA) is 26.3 Å². The maximum absolute atomic E-state index is 10.9. The number of rotatable bonds is 5. The van der Waals surface area contributed by atoms with Crippen molar-refractivity contribution in [2.75, 3.05) is 0 Å². The van der Waals surface area contributed by atoms with E-state index in [1.165, 1.54) is 0 Å². The quantitative estimate of drug-likeness (QED) is 0.575. The van der Waals surface area contributed by atoms with Gasteiger partial charge in [0.2, 0.25) is 0 Å². The van der Waals surface area contributed by atoms with Gasteiger partial charge in [-0.2, -0.15) is 0 Å². The number of hydrogen-bond acceptors (Lipinski definition) is 2. The third-order valence-corrected chi connectivity index (χ3v) is 1.48. The van der Waals surface area contributed by atoms with E-state index >= 15 is 0 Å². The minimum absolute atomic E-state index is 0.0616. The highest BCUT2D eigenvalue weighted by Gasteiger charge is 2.06. The molecule has 2 nitrogen and oxygen atoms in total. The Balaban J connectivity index is 3.40. The minimum Gasteiger partial charge on any atom is -0.463 e. The van der Waals surface area contributed by atoms with Crippen molar-refractivity contribution < 1.29 is 9.53 Å². The summed E-state index contributed by atoms with van der Waals surface area (Å²) in [5.41, 5.74) is 0. The third kappa shape index (κ3) is 5.89.